The van der Waals surface area contributed by atoms with Gasteiger partial charge in [0.15, 0.2) is 0 Å². The topological polar surface area (TPSA) is 37.9 Å². The molecule has 0 fully saturated rings. The van der Waals surface area contributed by atoms with Crippen molar-refractivity contribution in [2.75, 3.05) is 7.11 Å². The third-order valence-corrected chi connectivity index (χ3v) is 1.46. The minimum atomic E-state index is 0.564. The largest absolute Gasteiger partial charge is 0.377 e. The molecule has 0 aliphatic rings. The number of hydrogen-bond donors (Lipinski definition) is 1. The molecule has 0 unspecified atom stereocenters. The van der Waals surface area contributed by atoms with Gasteiger partial charge in [-0.3, -0.25) is 0 Å². The lowest BCUT2D eigenvalue weighted by Crippen LogP contribution is -1.89. The minimum Gasteiger partial charge on any atom is -0.377 e. The van der Waals surface area contributed by atoms with Crippen LogP contribution in [-0.4, -0.2) is 17.1 Å². The zero-order valence-electron chi connectivity index (χ0n) is 6.56. The van der Waals surface area contributed by atoms with Gasteiger partial charge in [-0.1, -0.05) is 0 Å². The fourth-order valence-corrected chi connectivity index (χ4v) is 0.826. The van der Waals surface area contributed by atoms with Gasteiger partial charge in [0.1, 0.15) is 12.4 Å². The summed E-state index contributed by atoms with van der Waals surface area (Å²) in [7, 11) is 1.66. The molecule has 1 aromatic rings. The van der Waals surface area contributed by atoms with E-state index in [0.717, 1.165) is 17.2 Å². The summed E-state index contributed by atoms with van der Waals surface area (Å²) in [6, 6.07) is 0. The number of aromatic amines is 1. The minimum absolute atomic E-state index is 0.564. The molecule has 56 valence electrons. The van der Waals surface area contributed by atoms with Gasteiger partial charge in [0.05, 0.1) is 5.69 Å². The molecule has 3 heteroatoms. The Balaban J connectivity index is 2.77. The number of hydrogen-bond acceptors (Lipinski definition) is 2. The summed E-state index contributed by atoms with van der Waals surface area (Å²) in [5.74, 6) is 0.900. The van der Waals surface area contributed by atoms with Crippen LogP contribution >= 0.6 is 0 Å². The highest BCUT2D eigenvalue weighted by atomic mass is 16.5. The van der Waals surface area contributed by atoms with E-state index in [2.05, 4.69) is 9.97 Å². The maximum atomic E-state index is 4.90. The summed E-state index contributed by atoms with van der Waals surface area (Å²) in [6.07, 6.45) is 0. The third-order valence-electron chi connectivity index (χ3n) is 1.46. The van der Waals surface area contributed by atoms with E-state index in [1.807, 2.05) is 13.8 Å². The second kappa shape index (κ2) is 2.84. The molecule has 0 amide bonds. The van der Waals surface area contributed by atoms with Crippen molar-refractivity contribution in [3.63, 3.8) is 0 Å². The Labute approximate surface area is 60.4 Å². The molecule has 1 heterocycles. The van der Waals surface area contributed by atoms with Crippen LogP contribution in [0.2, 0.25) is 0 Å². The number of methoxy groups -OCH3 is 1. The molecule has 0 saturated heterocycles. The number of imidazole rings is 1. The summed E-state index contributed by atoms with van der Waals surface area (Å²) in [6.45, 7) is 4.54. The molecule has 0 aliphatic carbocycles. The van der Waals surface area contributed by atoms with Crippen molar-refractivity contribution in [3.8, 4) is 0 Å². The van der Waals surface area contributed by atoms with Crippen LogP contribution in [-0.2, 0) is 11.3 Å². The Morgan fingerprint density at radius 1 is 1.50 bits per heavy atom. The van der Waals surface area contributed by atoms with E-state index in [1.54, 1.807) is 7.11 Å². The van der Waals surface area contributed by atoms with Crippen molar-refractivity contribution in [1.29, 1.82) is 0 Å². The van der Waals surface area contributed by atoms with Crippen LogP contribution in [0.4, 0.5) is 0 Å². The number of rotatable bonds is 2. The Bertz CT molecular complexity index is 198. The quantitative estimate of drug-likeness (QED) is 0.669. The molecule has 0 saturated carbocycles. The summed E-state index contributed by atoms with van der Waals surface area (Å²) in [5.41, 5.74) is 2.17. The fourth-order valence-electron chi connectivity index (χ4n) is 0.826. The van der Waals surface area contributed by atoms with E-state index in [-0.39, 0.29) is 0 Å². The predicted molar refractivity (Wildman–Crippen MR) is 38.8 cm³/mol. The average molecular weight is 140 g/mol. The highest BCUT2D eigenvalue weighted by Gasteiger charge is 1.99. The number of ether oxygens (including phenoxy) is 1. The van der Waals surface area contributed by atoms with Crippen molar-refractivity contribution in [1.82, 2.24) is 9.97 Å². The van der Waals surface area contributed by atoms with E-state index in [9.17, 15) is 0 Å². The fraction of sp³-hybridized carbons (Fsp3) is 0.571. The SMILES string of the molecule is COCc1nc(C)c(C)[nH]1. The molecule has 0 aliphatic heterocycles. The number of nitrogens with one attached hydrogen (secondary N) is 1. The molecule has 0 atom stereocenters. The van der Waals surface area contributed by atoms with Gasteiger partial charge in [0.25, 0.3) is 0 Å². The molecule has 0 spiro atoms. The van der Waals surface area contributed by atoms with Crippen LogP contribution in [0.1, 0.15) is 17.2 Å². The zero-order valence-corrected chi connectivity index (χ0v) is 6.56. The molecule has 1 N–H and O–H groups in total. The monoisotopic (exact) mass is 140 g/mol. The second-order valence-electron chi connectivity index (χ2n) is 2.33. The van der Waals surface area contributed by atoms with Gasteiger partial charge in [0, 0.05) is 12.8 Å². The predicted octanol–water partition coefficient (Wildman–Crippen LogP) is 1.17. The Morgan fingerprint density at radius 3 is 2.60 bits per heavy atom. The van der Waals surface area contributed by atoms with Gasteiger partial charge in [-0.2, -0.15) is 0 Å². The number of H-pyrrole nitrogens is 1. The van der Waals surface area contributed by atoms with Gasteiger partial charge in [0.2, 0.25) is 0 Å². The molecular weight excluding hydrogens is 128 g/mol. The summed E-state index contributed by atoms with van der Waals surface area (Å²) < 4.78 is 4.90. The van der Waals surface area contributed by atoms with Crippen LogP contribution in [0.25, 0.3) is 0 Å². The van der Waals surface area contributed by atoms with Crippen LogP contribution in [0.15, 0.2) is 0 Å². The molecule has 0 radical (unpaired) electrons. The van der Waals surface area contributed by atoms with E-state index < -0.39 is 0 Å². The molecular formula is C7H12N2O. The Morgan fingerprint density at radius 2 is 2.20 bits per heavy atom. The molecule has 1 rings (SSSR count). The number of aromatic nitrogens is 2. The number of nitrogens with zero attached hydrogens (tertiary/aromatic N) is 1. The smallest absolute Gasteiger partial charge is 0.132 e. The van der Waals surface area contributed by atoms with Gasteiger partial charge in [-0.25, -0.2) is 4.98 Å². The second-order valence-corrected chi connectivity index (χ2v) is 2.33. The van der Waals surface area contributed by atoms with Crippen molar-refractivity contribution in [3.05, 3.63) is 17.2 Å². The van der Waals surface area contributed by atoms with Crippen LogP contribution in [0.3, 0.4) is 0 Å². The summed E-state index contributed by atoms with van der Waals surface area (Å²) in [4.78, 5) is 7.33. The molecule has 0 bridgehead atoms. The molecule has 3 nitrogen and oxygen atoms in total. The van der Waals surface area contributed by atoms with E-state index in [1.165, 1.54) is 0 Å². The van der Waals surface area contributed by atoms with Crippen LogP contribution < -0.4 is 0 Å². The maximum absolute atomic E-state index is 4.90. The van der Waals surface area contributed by atoms with Gasteiger partial charge in [-0.05, 0) is 13.8 Å². The van der Waals surface area contributed by atoms with E-state index in [0.29, 0.717) is 6.61 Å². The zero-order chi connectivity index (χ0) is 7.56. The van der Waals surface area contributed by atoms with Crippen LogP contribution in [0.5, 0.6) is 0 Å². The van der Waals surface area contributed by atoms with Gasteiger partial charge < -0.3 is 9.72 Å². The van der Waals surface area contributed by atoms with Gasteiger partial charge >= 0.3 is 0 Å². The first-order valence-corrected chi connectivity index (χ1v) is 3.25. The average Bonchev–Trinajstić information content (AvgIpc) is 2.14. The lowest BCUT2D eigenvalue weighted by atomic mass is 10.4. The standard InChI is InChI=1S/C7H12N2O/c1-5-6(2)9-7(8-5)4-10-3/h4H2,1-3H3,(H,8,9). The Hall–Kier alpha value is -0.830. The van der Waals surface area contributed by atoms with Crippen molar-refractivity contribution >= 4 is 0 Å². The highest BCUT2D eigenvalue weighted by molar-refractivity contribution is 5.09. The van der Waals surface area contributed by atoms with E-state index in [4.69, 9.17) is 4.74 Å². The normalized spacial score (nSPS) is 10.3. The maximum Gasteiger partial charge on any atom is 0.132 e. The van der Waals surface area contributed by atoms with Crippen molar-refractivity contribution in [2.45, 2.75) is 20.5 Å². The summed E-state index contributed by atoms with van der Waals surface area (Å²) >= 11 is 0. The number of aryl methyl sites for hydroxylation is 2. The van der Waals surface area contributed by atoms with Crippen LogP contribution in [0, 0.1) is 13.8 Å². The Kier molecular flexibility index (Phi) is 2.06. The lowest BCUT2D eigenvalue weighted by Gasteiger charge is -1.89. The van der Waals surface area contributed by atoms with E-state index >= 15 is 0 Å². The highest BCUT2D eigenvalue weighted by Crippen LogP contribution is 2.02. The molecule has 10 heavy (non-hydrogen) atoms. The first kappa shape index (κ1) is 7.28. The first-order valence-electron chi connectivity index (χ1n) is 3.25. The van der Waals surface area contributed by atoms with Crippen molar-refractivity contribution < 1.29 is 4.74 Å². The molecule has 1 aromatic heterocycles. The molecule has 0 aromatic carbocycles. The van der Waals surface area contributed by atoms with Crippen molar-refractivity contribution in [2.24, 2.45) is 0 Å². The summed E-state index contributed by atoms with van der Waals surface area (Å²) in [5, 5.41) is 0. The third kappa shape index (κ3) is 1.36. The van der Waals surface area contributed by atoms with Gasteiger partial charge in [-0.15, -0.1) is 0 Å². The lowest BCUT2D eigenvalue weighted by molar-refractivity contribution is 0.178. The first-order chi connectivity index (χ1) is 4.74.